The molecule has 1 amide bonds. The molecule has 0 aliphatic heterocycles. The zero-order valence-corrected chi connectivity index (χ0v) is 14.1. The van der Waals surface area contributed by atoms with Crippen molar-refractivity contribution in [2.45, 2.75) is 11.4 Å². The van der Waals surface area contributed by atoms with Crippen LogP contribution in [0.5, 0.6) is 0 Å². The van der Waals surface area contributed by atoms with Crippen LogP contribution in [0.25, 0.3) is 0 Å². The molecule has 2 rings (SSSR count). The number of carbonyl (C=O) groups excluding carboxylic acids is 1. The monoisotopic (exact) mass is 325 g/mol. The Labute approximate surface area is 141 Å². The number of thioether (sulfide) groups is 1. The van der Waals surface area contributed by atoms with Crippen LogP contribution in [0.2, 0.25) is 0 Å². The van der Waals surface area contributed by atoms with E-state index in [9.17, 15) is 4.79 Å². The summed E-state index contributed by atoms with van der Waals surface area (Å²) in [5.41, 5.74) is 2.54. The first-order valence-electron chi connectivity index (χ1n) is 7.23. The van der Waals surface area contributed by atoms with Crippen LogP contribution >= 0.6 is 11.8 Å². The average molecular weight is 325 g/mol. The molecule has 0 aliphatic carbocycles. The highest BCUT2D eigenvalue weighted by Crippen LogP contribution is 2.15. The van der Waals surface area contributed by atoms with E-state index in [4.69, 9.17) is 5.26 Å². The zero-order valence-electron chi connectivity index (χ0n) is 13.2. The van der Waals surface area contributed by atoms with Crippen molar-refractivity contribution in [1.29, 1.82) is 5.26 Å². The van der Waals surface area contributed by atoms with E-state index in [0.717, 1.165) is 11.3 Å². The minimum absolute atomic E-state index is 0.0169. The maximum absolute atomic E-state index is 12.2. The van der Waals surface area contributed by atoms with Crippen LogP contribution < -0.4 is 5.32 Å². The second-order valence-electron chi connectivity index (χ2n) is 5.14. The minimum atomic E-state index is 0.0169. The highest BCUT2D eigenvalue weighted by molar-refractivity contribution is 7.98. The van der Waals surface area contributed by atoms with Crippen molar-refractivity contribution in [3.05, 3.63) is 59.7 Å². The standard InChI is InChI=1S/C18H19N3OS/c1-21(13-15-5-9-17(23-2)10-6-15)18(22)12-20-16-7-3-14(11-19)4-8-16/h3-10,20H,12-13H2,1-2H3. The molecule has 4 nitrogen and oxygen atoms in total. The fourth-order valence-corrected chi connectivity index (χ4v) is 2.48. The number of likely N-dealkylation sites (N-methyl/N-ethyl adjacent to an activating group) is 1. The summed E-state index contributed by atoms with van der Waals surface area (Å²) in [5.74, 6) is 0.0169. The van der Waals surface area contributed by atoms with Crippen molar-refractivity contribution in [3.8, 4) is 6.07 Å². The smallest absolute Gasteiger partial charge is 0.241 e. The molecule has 5 heteroatoms. The molecule has 0 spiro atoms. The number of benzene rings is 2. The summed E-state index contributed by atoms with van der Waals surface area (Å²) >= 11 is 1.70. The van der Waals surface area contributed by atoms with Gasteiger partial charge in [0.1, 0.15) is 0 Å². The Morgan fingerprint density at radius 3 is 2.39 bits per heavy atom. The largest absolute Gasteiger partial charge is 0.376 e. The Morgan fingerprint density at radius 1 is 1.17 bits per heavy atom. The summed E-state index contributed by atoms with van der Waals surface area (Å²) in [6.07, 6.45) is 2.04. The number of hydrogen-bond donors (Lipinski definition) is 1. The number of nitrogens with zero attached hydrogens (tertiary/aromatic N) is 2. The maximum atomic E-state index is 12.2. The van der Waals surface area contributed by atoms with Gasteiger partial charge in [-0.3, -0.25) is 4.79 Å². The van der Waals surface area contributed by atoms with Gasteiger partial charge in [-0.1, -0.05) is 12.1 Å². The van der Waals surface area contributed by atoms with E-state index in [-0.39, 0.29) is 12.5 Å². The minimum Gasteiger partial charge on any atom is -0.376 e. The molecule has 2 aromatic carbocycles. The Kier molecular flexibility index (Phi) is 6.07. The summed E-state index contributed by atoms with van der Waals surface area (Å²) in [6.45, 7) is 0.813. The van der Waals surface area contributed by atoms with Crippen LogP contribution in [0.4, 0.5) is 5.69 Å². The number of anilines is 1. The van der Waals surface area contributed by atoms with E-state index in [0.29, 0.717) is 12.1 Å². The van der Waals surface area contributed by atoms with E-state index >= 15 is 0 Å². The van der Waals surface area contributed by atoms with Crippen molar-refractivity contribution in [3.63, 3.8) is 0 Å². The predicted octanol–water partition coefficient (Wildman–Crippen LogP) is 3.35. The SMILES string of the molecule is CSc1ccc(CN(C)C(=O)CNc2ccc(C#N)cc2)cc1. The molecule has 0 aromatic heterocycles. The summed E-state index contributed by atoms with van der Waals surface area (Å²) in [5, 5.41) is 11.8. The van der Waals surface area contributed by atoms with Gasteiger partial charge in [-0.05, 0) is 48.2 Å². The zero-order chi connectivity index (χ0) is 16.7. The highest BCUT2D eigenvalue weighted by Gasteiger charge is 2.09. The Morgan fingerprint density at radius 2 is 1.83 bits per heavy atom. The Hall–Kier alpha value is -2.45. The van der Waals surface area contributed by atoms with Crippen LogP contribution in [0.3, 0.4) is 0 Å². The van der Waals surface area contributed by atoms with Gasteiger partial charge in [-0.25, -0.2) is 0 Å². The molecular weight excluding hydrogens is 306 g/mol. The third kappa shape index (κ3) is 5.04. The molecule has 23 heavy (non-hydrogen) atoms. The van der Waals surface area contributed by atoms with Gasteiger partial charge >= 0.3 is 0 Å². The molecule has 0 heterocycles. The van der Waals surface area contributed by atoms with E-state index in [1.807, 2.05) is 18.4 Å². The van der Waals surface area contributed by atoms with E-state index in [2.05, 4.69) is 23.5 Å². The van der Waals surface area contributed by atoms with Gasteiger partial charge in [0, 0.05) is 24.2 Å². The van der Waals surface area contributed by atoms with Gasteiger partial charge in [-0.2, -0.15) is 5.26 Å². The van der Waals surface area contributed by atoms with Crippen LogP contribution in [-0.2, 0) is 11.3 Å². The summed E-state index contributed by atoms with van der Waals surface area (Å²) in [4.78, 5) is 15.1. The van der Waals surface area contributed by atoms with Crippen molar-refractivity contribution in [2.75, 3.05) is 25.2 Å². The maximum Gasteiger partial charge on any atom is 0.241 e. The third-order valence-electron chi connectivity index (χ3n) is 3.46. The molecule has 0 saturated carbocycles. The average Bonchev–Trinajstić information content (AvgIpc) is 2.60. The topological polar surface area (TPSA) is 56.1 Å². The molecule has 0 fully saturated rings. The summed E-state index contributed by atoms with van der Waals surface area (Å²) in [7, 11) is 1.80. The molecule has 0 unspecified atom stereocenters. The van der Waals surface area contributed by atoms with Crippen LogP contribution in [0.15, 0.2) is 53.4 Å². The summed E-state index contributed by atoms with van der Waals surface area (Å²) < 4.78 is 0. The lowest BCUT2D eigenvalue weighted by Crippen LogP contribution is -2.31. The van der Waals surface area contributed by atoms with Crippen molar-refractivity contribution in [1.82, 2.24) is 4.90 Å². The number of rotatable bonds is 6. The van der Waals surface area contributed by atoms with Gasteiger partial charge in [-0.15, -0.1) is 11.8 Å². The first-order chi connectivity index (χ1) is 11.1. The Balaban J connectivity index is 1.85. The predicted molar refractivity (Wildman–Crippen MR) is 94.3 cm³/mol. The molecule has 0 aliphatic rings. The van der Waals surface area contributed by atoms with Gasteiger partial charge < -0.3 is 10.2 Å². The lowest BCUT2D eigenvalue weighted by atomic mass is 10.2. The van der Waals surface area contributed by atoms with Crippen molar-refractivity contribution in [2.24, 2.45) is 0 Å². The quantitative estimate of drug-likeness (QED) is 0.828. The van der Waals surface area contributed by atoms with Gasteiger partial charge in [0.05, 0.1) is 18.2 Å². The molecule has 0 atom stereocenters. The van der Waals surface area contributed by atoms with E-state index < -0.39 is 0 Å². The lowest BCUT2D eigenvalue weighted by molar-refractivity contribution is -0.128. The summed E-state index contributed by atoms with van der Waals surface area (Å²) in [6, 6.07) is 17.3. The first kappa shape index (κ1) is 16.9. The molecular formula is C18H19N3OS. The van der Waals surface area contributed by atoms with Crippen molar-refractivity contribution >= 4 is 23.4 Å². The molecule has 0 bridgehead atoms. The van der Waals surface area contributed by atoms with Crippen LogP contribution in [0.1, 0.15) is 11.1 Å². The normalized spacial score (nSPS) is 9.96. The van der Waals surface area contributed by atoms with Gasteiger partial charge in [0.2, 0.25) is 5.91 Å². The van der Waals surface area contributed by atoms with E-state index in [1.165, 1.54) is 4.90 Å². The Bertz CT molecular complexity index is 690. The number of nitriles is 1. The fourth-order valence-electron chi connectivity index (χ4n) is 2.07. The second kappa shape index (κ2) is 8.25. The number of hydrogen-bond acceptors (Lipinski definition) is 4. The fraction of sp³-hybridized carbons (Fsp3) is 0.222. The molecule has 1 N–H and O–H groups in total. The first-order valence-corrected chi connectivity index (χ1v) is 8.46. The number of amides is 1. The lowest BCUT2D eigenvalue weighted by Gasteiger charge is -2.18. The van der Waals surface area contributed by atoms with Gasteiger partial charge in [0.25, 0.3) is 0 Å². The highest BCUT2D eigenvalue weighted by atomic mass is 32.2. The molecule has 0 radical (unpaired) electrons. The second-order valence-corrected chi connectivity index (χ2v) is 6.02. The van der Waals surface area contributed by atoms with Crippen molar-refractivity contribution < 1.29 is 4.79 Å². The third-order valence-corrected chi connectivity index (χ3v) is 4.21. The number of carbonyl (C=O) groups is 1. The molecule has 118 valence electrons. The van der Waals surface area contributed by atoms with E-state index in [1.54, 1.807) is 48.0 Å². The van der Waals surface area contributed by atoms with Gasteiger partial charge in [0.15, 0.2) is 0 Å². The van der Waals surface area contributed by atoms with Crippen LogP contribution in [-0.4, -0.2) is 30.7 Å². The molecule has 0 saturated heterocycles. The molecule has 2 aromatic rings. The van der Waals surface area contributed by atoms with Crippen LogP contribution in [0, 0.1) is 11.3 Å². The number of nitrogens with one attached hydrogen (secondary N) is 1.